The molecule has 0 atom stereocenters. The first kappa shape index (κ1) is 15.8. The average molecular weight is 303 g/mol. The van der Waals surface area contributed by atoms with Gasteiger partial charge in [0.25, 0.3) is 5.91 Å². The van der Waals surface area contributed by atoms with Crippen LogP contribution in [-0.4, -0.2) is 27.5 Å². The van der Waals surface area contributed by atoms with Crippen molar-refractivity contribution in [1.29, 1.82) is 0 Å². The minimum Gasteiger partial charge on any atom is -0.335 e. The second-order valence-electron chi connectivity index (χ2n) is 5.31. The van der Waals surface area contributed by atoms with Gasteiger partial charge in [0.05, 0.1) is 11.0 Å². The lowest BCUT2D eigenvalue weighted by atomic mass is 10.2. The normalized spacial score (nSPS) is 10.8. The number of hydrogen-bond acceptors (Lipinski definition) is 3. The van der Waals surface area contributed by atoms with E-state index in [2.05, 4.69) is 25.7 Å². The van der Waals surface area contributed by atoms with Gasteiger partial charge in [-0.3, -0.25) is 10.2 Å². The summed E-state index contributed by atoms with van der Waals surface area (Å²) in [4.78, 5) is 27.9. The molecule has 0 saturated heterocycles. The molecule has 7 heteroatoms. The first-order valence-electron chi connectivity index (χ1n) is 7.26. The lowest BCUT2D eigenvalue weighted by Crippen LogP contribution is -2.48. The number of carbonyl (C=O) groups excluding carboxylic acids is 2. The van der Waals surface area contributed by atoms with Crippen molar-refractivity contribution < 1.29 is 9.59 Å². The third-order valence-electron chi connectivity index (χ3n) is 3.23. The summed E-state index contributed by atoms with van der Waals surface area (Å²) >= 11 is 0. The van der Waals surface area contributed by atoms with E-state index in [0.717, 1.165) is 23.4 Å². The Hall–Kier alpha value is -2.57. The molecule has 3 amide bonds. The molecule has 1 aromatic carbocycles. The average Bonchev–Trinajstić information content (AvgIpc) is 2.78. The fourth-order valence-electron chi connectivity index (χ4n) is 2.27. The Bertz CT molecular complexity index is 705. The van der Waals surface area contributed by atoms with Crippen molar-refractivity contribution >= 4 is 23.0 Å². The van der Waals surface area contributed by atoms with Crippen molar-refractivity contribution in [3.05, 3.63) is 29.6 Å². The van der Waals surface area contributed by atoms with Gasteiger partial charge in [0, 0.05) is 18.2 Å². The number of carbonyl (C=O) groups is 2. The topological polar surface area (TPSA) is 88.1 Å². The third-order valence-corrected chi connectivity index (χ3v) is 3.23. The Morgan fingerprint density at radius 1 is 1.27 bits per heavy atom. The number of nitrogens with zero attached hydrogens (tertiary/aromatic N) is 2. The van der Waals surface area contributed by atoms with Gasteiger partial charge in [-0.1, -0.05) is 0 Å². The van der Waals surface area contributed by atoms with Crippen LogP contribution in [0.3, 0.4) is 0 Å². The molecule has 7 nitrogen and oxygen atoms in total. The number of fused-ring (bicyclic) bond motifs is 1. The fourth-order valence-corrected chi connectivity index (χ4v) is 2.27. The molecular weight excluding hydrogens is 282 g/mol. The van der Waals surface area contributed by atoms with Gasteiger partial charge < -0.3 is 9.88 Å². The maximum absolute atomic E-state index is 12.1. The number of nitrogens with one attached hydrogen (secondary N) is 3. The largest absolute Gasteiger partial charge is 0.335 e. The van der Waals surface area contributed by atoms with Crippen LogP contribution >= 0.6 is 0 Å². The number of benzene rings is 1. The van der Waals surface area contributed by atoms with Crippen LogP contribution in [-0.2, 0) is 6.54 Å². The van der Waals surface area contributed by atoms with Gasteiger partial charge in [-0.2, -0.15) is 0 Å². The Kier molecular flexibility index (Phi) is 4.65. The highest BCUT2D eigenvalue weighted by Gasteiger charge is 2.11. The molecule has 3 N–H and O–H groups in total. The molecule has 0 fully saturated rings. The summed E-state index contributed by atoms with van der Waals surface area (Å²) in [5, 5.41) is 2.62. The Morgan fingerprint density at radius 2 is 2.00 bits per heavy atom. The first-order chi connectivity index (χ1) is 10.4. The van der Waals surface area contributed by atoms with E-state index in [9.17, 15) is 9.59 Å². The molecule has 118 valence electrons. The van der Waals surface area contributed by atoms with Crippen LogP contribution in [0.2, 0.25) is 0 Å². The van der Waals surface area contributed by atoms with E-state index in [0.29, 0.717) is 5.56 Å². The second-order valence-corrected chi connectivity index (χ2v) is 5.31. The van der Waals surface area contributed by atoms with Gasteiger partial charge in [0.15, 0.2) is 0 Å². The molecule has 2 aromatic rings. The number of hydrogen-bond donors (Lipinski definition) is 3. The molecule has 0 saturated carbocycles. The van der Waals surface area contributed by atoms with Crippen molar-refractivity contribution in [3.63, 3.8) is 0 Å². The van der Waals surface area contributed by atoms with Crippen LogP contribution in [0.15, 0.2) is 18.2 Å². The van der Waals surface area contributed by atoms with Crippen LogP contribution in [0.5, 0.6) is 0 Å². The smallest absolute Gasteiger partial charge is 0.333 e. The van der Waals surface area contributed by atoms with E-state index >= 15 is 0 Å². The van der Waals surface area contributed by atoms with E-state index in [1.165, 1.54) is 0 Å². The standard InChI is InChI=1S/C15H21N5O2/c1-5-20-10(4)17-12-8-11(6-7-13(12)20)14(21)18-19-15(22)16-9(2)3/h6-9H,5H2,1-4H3,(H,18,21)(H2,16,19,22). The Balaban J connectivity index is 2.10. The first-order valence-corrected chi connectivity index (χ1v) is 7.26. The van der Waals surface area contributed by atoms with Crippen molar-refractivity contribution in [2.24, 2.45) is 0 Å². The second kappa shape index (κ2) is 6.46. The van der Waals surface area contributed by atoms with E-state index < -0.39 is 6.03 Å². The lowest BCUT2D eigenvalue weighted by Gasteiger charge is -2.11. The predicted octanol–water partition coefficient (Wildman–Crippen LogP) is 1.72. The molecule has 0 unspecified atom stereocenters. The summed E-state index contributed by atoms with van der Waals surface area (Å²) in [5.74, 6) is 0.522. The van der Waals surface area contributed by atoms with Gasteiger partial charge in [0.1, 0.15) is 5.82 Å². The molecule has 1 heterocycles. The van der Waals surface area contributed by atoms with E-state index in [-0.39, 0.29) is 11.9 Å². The number of urea groups is 1. The summed E-state index contributed by atoms with van der Waals surface area (Å²) < 4.78 is 2.07. The molecule has 0 aliphatic heterocycles. The molecule has 2 rings (SSSR count). The van der Waals surface area contributed by atoms with Crippen LogP contribution in [0, 0.1) is 6.92 Å². The zero-order valence-corrected chi connectivity index (χ0v) is 13.2. The number of aromatic nitrogens is 2. The molecule has 0 aliphatic rings. The molecule has 0 radical (unpaired) electrons. The van der Waals surface area contributed by atoms with Crippen LogP contribution < -0.4 is 16.2 Å². The summed E-state index contributed by atoms with van der Waals surface area (Å²) in [7, 11) is 0. The minimum absolute atomic E-state index is 0.00534. The maximum Gasteiger partial charge on any atom is 0.333 e. The minimum atomic E-state index is -0.449. The van der Waals surface area contributed by atoms with E-state index in [4.69, 9.17) is 0 Å². The number of amides is 3. The summed E-state index contributed by atoms with van der Waals surface area (Å²) in [5.41, 5.74) is 6.87. The lowest BCUT2D eigenvalue weighted by molar-refractivity contribution is 0.0936. The maximum atomic E-state index is 12.1. The van der Waals surface area contributed by atoms with Gasteiger partial charge in [-0.25, -0.2) is 15.2 Å². The zero-order valence-electron chi connectivity index (χ0n) is 13.2. The van der Waals surface area contributed by atoms with Crippen LogP contribution in [0.1, 0.15) is 37.0 Å². The van der Waals surface area contributed by atoms with Crippen molar-refractivity contribution in [3.8, 4) is 0 Å². The molecular formula is C15H21N5O2. The zero-order chi connectivity index (χ0) is 16.3. The molecule has 22 heavy (non-hydrogen) atoms. The number of hydrazine groups is 1. The molecule has 0 aliphatic carbocycles. The Morgan fingerprint density at radius 3 is 2.64 bits per heavy atom. The SMILES string of the molecule is CCn1c(C)nc2cc(C(=O)NNC(=O)NC(C)C)ccc21. The van der Waals surface area contributed by atoms with E-state index in [1.54, 1.807) is 12.1 Å². The summed E-state index contributed by atoms with van der Waals surface area (Å²) in [6.45, 7) is 8.47. The summed E-state index contributed by atoms with van der Waals surface area (Å²) in [6.07, 6.45) is 0. The number of rotatable bonds is 3. The fraction of sp³-hybridized carbons (Fsp3) is 0.400. The van der Waals surface area contributed by atoms with Gasteiger partial charge in [0.2, 0.25) is 0 Å². The van der Waals surface area contributed by atoms with Gasteiger partial charge in [-0.15, -0.1) is 0 Å². The van der Waals surface area contributed by atoms with Crippen molar-refractivity contribution in [2.45, 2.75) is 40.3 Å². The number of imidazole rings is 1. The van der Waals surface area contributed by atoms with Gasteiger partial charge in [-0.05, 0) is 45.9 Å². The van der Waals surface area contributed by atoms with Crippen molar-refractivity contribution in [2.75, 3.05) is 0 Å². The predicted molar refractivity (Wildman–Crippen MR) is 84.4 cm³/mol. The molecule has 0 bridgehead atoms. The third kappa shape index (κ3) is 3.36. The molecule has 0 spiro atoms. The number of aryl methyl sites for hydroxylation is 2. The molecule has 1 aromatic heterocycles. The van der Waals surface area contributed by atoms with E-state index in [1.807, 2.05) is 33.8 Å². The highest BCUT2D eigenvalue weighted by Crippen LogP contribution is 2.17. The monoisotopic (exact) mass is 303 g/mol. The Labute approximate surface area is 129 Å². The van der Waals surface area contributed by atoms with Crippen LogP contribution in [0.25, 0.3) is 11.0 Å². The quantitative estimate of drug-likeness (QED) is 0.754. The van der Waals surface area contributed by atoms with Crippen LogP contribution in [0.4, 0.5) is 4.79 Å². The van der Waals surface area contributed by atoms with Gasteiger partial charge >= 0.3 is 6.03 Å². The van der Waals surface area contributed by atoms with Crippen molar-refractivity contribution in [1.82, 2.24) is 25.7 Å². The summed E-state index contributed by atoms with van der Waals surface area (Å²) in [6, 6.07) is 4.84. The highest BCUT2D eigenvalue weighted by atomic mass is 16.2. The highest BCUT2D eigenvalue weighted by molar-refractivity contribution is 5.98.